The van der Waals surface area contributed by atoms with Gasteiger partial charge < -0.3 is 9.47 Å². The topological polar surface area (TPSA) is 66.0 Å². The summed E-state index contributed by atoms with van der Waals surface area (Å²) < 4.78 is 11.4. The van der Waals surface area contributed by atoms with Crippen molar-refractivity contribution in [2.45, 2.75) is 33.0 Å². The van der Waals surface area contributed by atoms with E-state index in [4.69, 9.17) is 20.0 Å². The number of rotatable bonds is 7. The molecule has 0 aliphatic carbocycles. The summed E-state index contributed by atoms with van der Waals surface area (Å²) >= 11 is 0. The maximum absolute atomic E-state index is 9.12. The van der Waals surface area contributed by atoms with Gasteiger partial charge in [0.15, 0.2) is 6.29 Å². The predicted molar refractivity (Wildman–Crippen MR) is 80.1 cm³/mol. The Labute approximate surface area is 126 Å². The van der Waals surface area contributed by atoms with Crippen LogP contribution in [0.3, 0.4) is 0 Å². The van der Waals surface area contributed by atoms with Crippen molar-refractivity contribution in [3.05, 3.63) is 47.0 Å². The fourth-order valence-corrected chi connectivity index (χ4v) is 2.20. The minimum atomic E-state index is -0.515. The quantitative estimate of drug-likeness (QED) is 0.567. The molecule has 1 aromatic rings. The molecule has 0 aliphatic heterocycles. The molecule has 21 heavy (non-hydrogen) atoms. The van der Waals surface area contributed by atoms with Crippen LogP contribution in [0.25, 0.3) is 0 Å². The third kappa shape index (κ3) is 4.43. The number of allylic oxidation sites excluding steroid dienone is 1. The minimum absolute atomic E-state index is 0.105. The maximum atomic E-state index is 9.12. The van der Waals surface area contributed by atoms with Crippen LogP contribution in [0.4, 0.5) is 0 Å². The van der Waals surface area contributed by atoms with E-state index in [9.17, 15) is 0 Å². The second kappa shape index (κ2) is 8.92. The molecule has 0 amide bonds. The van der Waals surface area contributed by atoms with Crippen molar-refractivity contribution in [1.82, 2.24) is 0 Å². The largest absolute Gasteiger partial charge is 0.352 e. The molecule has 4 nitrogen and oxygen atoms in total. The van der Waals surface area contributed by atoms with Crippen molar-refractivity contribution >= 4 is 0 Å². The van der Waals surface area contributed by atoms with Gasteiger partial charge in [-0.15, -0.1) is 0 Å². The molecule has 0 saturated heterocycles. The fourth-order valence-electron chi connectivity index (χ4n) is 2.20. The molecule has 110 valence electrons. The molecule has 1 aromatic carbocycles. The number of nitriles is 2. The lowest BCUT2D eigenvalue weighted by molar-refractivity contribution is -0.144. The second-order valence-corrected chi connectivity index (χ2v) is 4.45. The molecule has 0 N–H and O–H groups in total. The van der Waals surface area contributed by atoms with Gasteiger partial charge in [-0.05, 0) is 31.9 Å². The van der Waals surface area contributed by atoms with E-state index in [0.29, 0.717) is 18.8 Å². The first-order valence-electron chi connectivity index (χ1n) is 6.98. The van der Waals surface area contributed by atoms with Gasteiger partial charge in [-0.25, -0.2) is 0 Å². The second-order valence-electron chi connectivity index (χ2n) is 4.45. The number of benzene rings is 1. The van der Waals surface area contributed by atoms with Crippen LogP contribution < -0.4 is 0 Å². The number of hydrogen-bond acceptors (Lipinski definition) is 4. The third-order valence-corrected chi connectivity index (χ3v) is 3.18. The maximum Gasteiger partial charge on any atom is 0.168 e. The summed E-state index contributed by atoms with van der Waals surface area (Å²) in [5.74, 6) is -0.277. The van der Waals surface area contributed by atoms with Crippen molar-refractivity contribution in [3.8, 4) is 12.1 Å². The first kappa shape index (κ1) is 16.9. The molecule has 0 aromatic heterocycles. The van der Waals surface area contributed by atoms with Crippen molar-refractivity contribution in [1.29, 1.82) is 10.5 Å². The Kier molecular flexibility index (Phi) is 7.18. The van der Waals surface area contributed by atoms with Crippen LogP contribution in [0.1, 0.15) is 32.3 Å². The van der Waals surface area contributed by atoms with Crippen LogP contribution in [0.15, 0.2) is 41.5 Å². The highest BCUT2D eigenvalue weighted by Crippen LogP contribution is 2.32. The summed E-state index contributed by atoms with van der Waals surface area (Å²) in [4.78, 5) is 0. The summed E-state index contributed by atoms with van der Waals surface area (Å²) in [6, 6.07) is 13.6. The molecule has 0 radical (unpaired) electrons. The monoisotopic (exact) mass is 284 g/mol. The van der Waals surface area contributed by atoms with E-state index < -0.39 is 6.29 Å². The number of hydrogen-bond donors (Lipinski definition) is 0. The zero-order chi connectivity index (χ0) is 15.7. The van der Waals surface area contributed by atoms with E-state index in [0.717, 1.165) is 5.56 Å². The summed E-state index contributed by atoms with van der Waals surface area (Å²) in [5.41, 5.74) is 1.73. The molecule has 4 heteroatoms. The van der Waals surface area contributed by atoms with E-state index in [1.165, 1.54) is 0 Å². The molecule has 0 fully saturated rings. The summed E-state index contributed by atoms with van der Waals surface area (Å²) in [5, 5.41) is 18.2. The van der Waals surface area contributed by atoms with Gasteiger partial charge in [0, 0.05) is 13.2 Å². The Hall–Kier alpha value is -2.14. The van der Waals surface area contributed by atoms with Crippen LogP contribution in [0.2, 0.25) is 0 Å². The molecule has 0 aliphatic rings. The van der Waals surface area contributed by atoms with Gasteiger partial charge in [-0.3, -0.25) is 0 Å². The van der Waals surface area contributed by atoms with Crippen molar-refractivity contribution in [3.63, 3.8) is 0 Å². The summed E-state index contributed by atoms with van der Waals surface area (Å²) in [7, 11) is 0. The van der Waals surface area contributed by atoms with Gasteiger partial charge in [-0.1, -0.05) is 30.3 Å². The van der Waals surface area contributed by atoms with E-state index in [1.807, 2.05) is 56.3 Å². The van der Waals surface area contributed by atoms with Crippen LogP contribution in [0.5, 0.6) is 0 Å². The molecule has 0 spiro atoms. The van der Waals surface area contributed by atoms with E-state index >= 15 is 0 Å². The molecule has 0 saturated carbocycles. The van der Waals surface area contributed by atoms with Crippen molar-refractivity contribution in [2.75, 3.05) is 13.2 Å². The molecule has 1 rings (SSSR count). The molecule has 1 unspecified atom stereocenters. The molecular formula is C17H20N2O2. The smallest absolute Gasteiger partial charge is 0.168 e. The first-order valence-corrected chi connectivity index (χ1v) is 6.98. The van der Waals surface area contributed by atoms with Crippen LogP contribution in [0, 0.1) is 22.7 Å². The fraction of sp³-hybridized carbons (Fsp3) is 0.412. The number of ether oxygens (including phenoxy) is 2. The zero-order valence-corrected chi connectivity index (χ0v) is 12.7. The summed E-state index contributed by atoms with van der Waals surface area (Å²) in [6.45, 7) is 6.56. The molecule has 0 heterocycles. The highest BCUT2D eigenvalue weighted by molar-refractivity contribution is 5.44. The third-order valence-electron chi connectivity index (χ3n) is 3.18. The average Bonchev–Trinajstić information content (AvgIpc) is 2.50. The van der Waals surface area contributed by atoms with Crippen molar-refractivity contribution in [2.24, 2.45) is 0 Å². The highest BCUT2D eigenvalue weighted by atomic mass is 16.7. The Morgan fingerprint density at radius 1 is 1.05 bits per heavy atom. The molecular weight excluding hydrogens is 264 g/mol. The zero-order valence-electron chi connectivity index (χ0n) is 12.7. The van der Waals surface area contributed by atoms with Gasteiger partial charge in [0.05, 0.1) is 5.92 Å². The Balaban J connectivity index is 3.33. The van der Waals surface area contributed by atoms with Gasteiger partial charge in [0.1, 0.15) is 17.7 Å². The minimum Gasteiger partial charge on any atom is -0.352 e. The van der Waals surface area contributed by atoms with Gasteiger partial charge in [0.2, 0.25) is 0 Å². The Morgan fingerprint density at radius 3 is 2.00 bits per heavy atom. The molecule has 1 atom stereocenters. The SMILES string of the molecule is CCOC(OCC)C(C(C)=C(C#N)C#N)c1ccccc1. The summed E-state index contributed by atoms with van der Waals surface area (Å²) in [6.07, 6.45) is -0.515. The van der Waals surface area contributed by atoms with Crippen LogP contribution >= 0.6 is 0 Å². The lowest BCUT2D eigenvalue weighted by atomic mass is 9.88. The van der Waals surface area contributed by atoms with Crippen LogP contribution in [-0.4, -0.2) is 19.5 Å². The van der Waals surface area contributed by atoms with E-state index in [2.05, 4.69) is 0 Å². The lowest BCUT2D eigenvalue weighted by Gasteiger charge is -2.28. The van der Waals surface area contributed by atoms with Gasteiger partial charge >= 0.3 is 0 Å². The Bertz CT molecular complexity index is 530. The Morgan fingerprint density at radius 2 is 1.57 bits per heavy atom. The first-order chi connectivity index (χ1) is 10.2. The van der Waals surface area contributed by atoms with Gasteiger partial charge in [0.25, 0.3) is 0 Å². The highest BCUT2D eigenvalue weighted by Gasteiger charge is 2.28. The van der Waals surface area contributed by atoms with E-state index in [-0.39, 0.29) is 11.5 Å². The lowest BCUT2D eigenvalue weighted by Crippen LogP contribution is -2.27. The number of nitrogens with zero attached hydrogens (tertiary/aromatic N) is 2. The standard InChI is InChI=1S/C17H20N2O2/c1-4-20-17(21-5-2)16(13(3)15(11-18)12-19)14-9-7-6-8-10-14/h6-10,16-17H,4-5H2,1-3H3. The predicted octanol–water partition coefficient (Wildman–Crippen LogP) is 3.53. The van der Waals surface area contributed by atoms with Crippen molar-refractivity contribution < 1.29 is 9.47 Å². The van der Waals surface area contributed by atoms with Gasteiger partial charge in [-0.2, -0.15) is 10.5 Å². The molecule has 0 bridgehead atoms. The van der Waals surface area contributed by atoms with Crippen LogP contribution in [-0.2, 0) is 9.47 Å². The average molecular weight is 284 g/mol. The normalized spacial score (nSPS) is 11.5. The van der Waals surface area contributed by atoms with E-state index in [1.54, 1.807) is 6.92 Å².